The number of rotatable bonds is 3. The molecule has 0 fully saturated rings. The summed E-state index contributed by atoms with van der Waals surface area (Å²) < 4.78 is 0.755. The Balaban J connectivity index is 2.31. The predicted molar refractivity (Wildman–Crippen MR) is 66.7 cm³/mol. The average molecular weight is 331 g/mol. The van der Waals surface area contributed by atoms with Crippen molar-refractivity contribution in [2.75, 3.05) is 0 Å². The van der Waals surface area contributed by atoms with Crippen LogP contribution in [0.1, 0.15) is 19.8 Å². The normalized spacial score (nSPS) is 10.6. The molecule has 0 aromatic carbocycles. The summed E-state index contributed by atoms with van der Waals surface area (Å²) >= 11 is 2.08. The molecule has 0 amide bonds. The number of carbonyl (C=O) groups excluding carboxylic acids is 1. The molecule has 0 aliphatic rings. The molecule has 0 atom stereocenters. The maximum Gasteiger partial charge on any atom is 0.334 e. The monoisotopic (exact) mass is 331 g/mol. The van der Waals surface area contributed by atoms with E-state index in [9.17, 15) is 4.79 Å². The van der Waals surface area contributed by atoms with E-state index in [4.69, 9.17) is 4.84 Å². The van der Waals surface area contributed by atoms with Gasteiger partial charge in [0.15, 0.2) is 9.35 Å². The number of carbonyl (C=O) groups is 1. The second kappa shape index (κ2) is 4.77. The summed E-state index contributed by atoms with van der Waals surface area (Å²) in [6.45, 7) is 1.92. The smallest absolute Gasteiger partial charge is 0.318 e. The second-order valence-electron chi connectivity index (χ2n) is 3.25. The number of nitrogens with zero attached hydrogens (tertiary/aromatic N) is 3. The van der Waals surface area contributed by atoms with Crippen molar-refractivity contribution in [3.8, 4) is 0 Å². The molecule has 6 heteroatoms. The van der Waals surface area contributed by atoms with Gasteiger partial charge in [-0.15, -0.1) is 5.10 Å². The Hall–Kier alpha value is -1.18. The van der Waals surface area contributed by atoms with Crippen LogP contribution in [0, 0.1) is 3.70 Å². The lowest BCUT2D eigenvalue weighted by Crippen LogP contribution is -2.21. The van der Waals surface area contributed by atoms with Crippen molar-refractivity contribution in [3.05, 3.63) is 22.0 Å². The van der Waals surface area contributed by atoms with Gasteiger partial charge in [-0.2, -0.15) is 0 Å². The average Bonchev–Trinajstić information content (AvgIpc) is 2.57. The molecule has 0 aliphatic heterocycles. The highest BCUT2D eigenvalue weighted by atomic mass is 127. The van der Waals surface area contributed by atoms with Gasteiger partial charge < -0.3 is 4.84 Å². The van der Waals surface area contributed by atoms with Gasteiger partial charge in [0, 0.05) is 12.6 Å². The van der Waals surface area contributed by atoms with Gasteiger partial charge in [0.05, 0.1) is 5.39 Å². The number of halogens is 1. The maximum absolute atomic E-state index is 11.3. The SMILES string of the molecule is CCCC(=O)On1nc2ncccc2c1I. The lowest BCUT2D eigenvalue weighted by molar-refractivity contribution is -0.146. The maximum atomic E-state index is 11.3. The van der Waals surface area contributed by atoms with Crippen LogP contribution < -0.4 is 4.84 Å². The summed E-state index contributed by atoms with van der Waals surface area (Å²) in [6, 6.07) is 3.71. The summed E-state index contributed by atoms with van der Waals surface area (Å²) in [4.78, 5) is 21.7. The van der Waals surface area contributed by atoms with Crippen LogP contribution in [0.3, 0.4) is 0 Å². The minimum atomic E-state index is -0.284. The fourth-order valence-corrected chi connectivity index (χ4v) is 1.90. The van der Waals surface area contributed by atoms with E-state index in [2.05, 4.69) is 32.7 Å². The van der Waals surface area contributed by atoms with Crippen LogP contribution in [-0.2, 0) is 4.79 Å². The van der Waals surface area contributed by atoms with Gasteiger partial charge in [-0.05, 0) is 41.1 Å². The van der Waals surface area contributed by atoms with Gasteiger partial charge in [-0.1, -0.05) is 11.8 Å². The fraction of sp³-hybridized carbons (Fsp3) is 0.300. The van der Waals surface area contributed by atoms with Crippen LogP contribution in [0.25, 0.3) is 11.0 Å². The molecular weight excluding hydrogens is 321 g/mol. The topological polar surface area (TPSA) is 57.0 Å². The molecule has 2 heterocycles. The van der Waals surface area contributed by atoms with E-state index in [-0.39, 0.29) is 5.97 Å². The Morgan fingerprint density at radius 1 is 1.62 bits per heavy atom. The number of fused-ring (bicyclic) bond motifs is 1. The standard InChI is InChI=1S/C10H10IN3O2/c1-2-4-8(15)16-14-9(11)7-5-3-6-12-10(7)13-14/h3,5-6H,2,4H2,1H3. The highest BCUT2D eigenvalue weighted by Crippen LogP contribution is 2.17. The van der Waals surface area contributed by atoms with E-state index >= 15 is 0 Å². The van der Waals surface area contributed by atoms with Gasteiger partial charge in [0.1, 0.15) is 0 Å². The zero-order valence-corrected chi connectivity index (χ0v) is 10.8. The molecule has 16 heavy (non-hydrogen) atoms. The molecule has 0 saturated heterocycles. The third kappa shape index (κ3) is 2.16. The quantitative estimate of drug-likeness (QED) is 0.805. The lowest BCUT2D eigenvalue weighted by atomic mass is 10.3. The predicted octanol–water partition coefficient (Wildman–Crippen LogP) is 1.79. The number of pyridine rings is 1. The van der Waals surface area contributed by atoms with Crippen molar-refractivity contribution in [2.24, 2.45) is 0 Å². The van der Waals surface area contributed by atoms with E-state index in [0.29, 0.717) is 12.1 Å². The van der Waals surface area contributed by atoms with Crippen molar-refractivity contribution < 1.29 is 9.63 Å². The zero-order chi connectivity index (χ0) is 11.5. The van der Waals surface area contributed by atoms with E-state index in [1.807, 2.05) is 19.1 Å². The van der Waals surface area contributed by atoms with E-state index in [1.165, 1.54) is 4.85 Å². The molecule has 84 valence electrons. The van der Waals surface area contributed by atoms with Crippen LogP contribution in [0.4, 0.5) is 0 Å². The molecule has 0 aliphatic carbocycles. The highest BCUT2D eigenvalue weighted by molar-refractivity contribution is 14.1. The van der Waals surface area contributed by atoms with Gasteiger partial charge in [0.2, 0.25) is 0 Å². The number of aromatic nitrogens is 3. The van der Waals surface area contributed by atoms with Gasteiger partial charge in [-0.25, -0.2) is 9.78 Å². The summed E-state index contributed by atoms with van der Waals surface area (Å²) in [5, 5.41) is 4.97. The summed E-state index contributed by atoms with van der Waals surface area (Å²) in [7, 11) is 0. The molecule has 5 nitrogen and oxygen atoms in total. The van der Waals surface area contributed by atoms with Crippen molar-refractivity contribution in [2.45, 2.75) is 19.8 Å². The minimum absolute atomic E-state index is 0.284. The highest BCUT2D eigenvalue weighted by Gasteiger charge is 2.12. The molecule has 2 rings (SSSR count). The van der Waals surface area contributed by atoms with Crippen LogP contribution in [-0.4, -0.2) is 20.9 Å². The van der Waals surface area contributed by atoms with Crippen LogP contribution in [0.2, 0.25) is 0 Å². The van der Waals surface area contributed by atoms with Crippen molar-refractivity contribution in [1.82, 2.24) is 14.9 Å². The molecule has 0 N–H and O–H groups in total. The van der Waals surface area contributed by atoms with Crippen molar-refractivity contribution in [3.63, 3.8) is 0 Å². The molecular formula is C10H10IN3O2. The summed E-state index contributed by atoms with van der Waals surface area (Å²) in [6.07, 6.45) is 2.80. The Morgan fingerprint density at radius 2 is 2.44 bits per heavy atom. The second-order valence-corrected chi connectivity index (χ2v) is 4.27. The Kier molecular flexibility index (Phi) is 3.37. The third-order valence-corrected chi connectivity index (χ3v) is 3.00. The Morgan fingerprint density at radius 3 is 3.12 bits per heavy atom. The minimum Gasteiger partial charge on any atom is -0.318 e. The first kappa shape index (κ1) is 11.3. The number of hydrogen-bond acceptors (Lipinski definition) is 4. The first-order chi connectivity index (χ1) is 7.72. The molecule has 0 saturated carbocycles. The largest absolute Gasteiger partial charge is 0.334 e. The fourth-order valence-electron chi connectivity index (χ4n) is 1.28. The third-order valence-electron chi connectivity index (χ3n) is 2.00. The lowest BCUT2D eigenvalue weighted by Gasteiger charge is -2.02. The molecule has 0 bridgehead atoms. The number of hydrogen-bond donors (Lipinski definition) is 0. The molecule has 0 unspecified atom stereocenters. The van der Waals surface area contributed by atoms with E-state index < -0.39 is 0 Å². The Bertz CT molecular complexity index is 524. The van der Waals surface area contributed by atoms with Crippen LogP contribution in [0.15, 0.2) is 18.3 Å². The Labute approximate surface area is 106 Å². The zero-order valence-electron chi connectivity index (χ0n) is 8.68. The molecule has 0 spiro atoms. The van der Waals surface area contributed by atoms with Crippen LogP contribution in [0.5, 0.6) is 0 Å². The first-order valence-corrected chi connectivity index (χ1v) is 6.00. The summed E-state index contributed by atoms with van der Waals surface area (Å²) in [5.74, 6) is -0.284. The van der Waals surface area contributed by atoms with Crippen molar-refractivity contribution in [1.29, 1.82) is 0 Å². The molecule has 0 radical (unpaired) electrons. The molecule has 2 aromatic rings. The summed E-state index contributed by atoms with van der Waals surface area (Å²) in [5.41, 5.74) is 0.580. The van der Waals surface area contributed by atoms with Gasteiger partial charge in [0.25, 0.3) is 0 Å². The van der Waals surface area contributed by atoms with Crippen molar-refractivity contribution >= 4 is 39.6 Å². The van der Waals surface area contributed by atoms with Gasteiger partial charge in [-0.3, -0.25) is 0 Å². The van der Waals surface area contributed by atoms with E-state index in [0.717, 1.165) is 15.5 Å². The van der Waals surface area contributed by atoms with E-state index in [1.54, 1.807) is 6.20 Å². The van der Waals surface area contributed by atoms with Gasteiger partial charge >= 0.3 is 5.97 Å². The van der Waals surface area contributed by atoms with Crippen LogP contribution >= 0.6 is 22.6 Å². The molecule has 2 aromatic heterocycles. The first-order valence-electron chi connectivity index (χ1n) is 4.92.